The molecule has 1 unspecified atom stereocenters. The molecule has 0 aliphatic heterocycles. The van der Waals surface area contributed by atoms with Gasteiger partial charge in [-0.2, -0.15) is 5.26 Å². The molecule has 4 heteroatoms. The molecule has 0 saturated heterocycles. The fourth-order valence-corrected chi connectivity index (χ4v) is 1.82. The molecule has 0 spiro atoms. The molecule has 0 amide bonds. The molecule has 19 heavy (non-hydrogen) atoms. The Morgan fingerprint density at radius 2 is 2.21 bits per heavy atom. The zero-order valence-electron chi connectivity index (χ0n) is 11.8. The Bertz CT molecular complexity index is 474. The van der Waals surface area contributed by atoms with Gasteiger partial charge < -0.3 is 9.30 Å². The molecule has 0 aliphatic carbocycles. The second-order valence-corrected chi connectivity index (χ2v) is 4.77. The second kappa shape index (κ2) is 8.36. The van der Waals surface area contributed by atoms with Crippen LogP contribution in [0.1, 0.15) is 39.5 Å². The maximum absolute atomic E-state index is 12.1. The van der Waals surface area contributed by atoms with Gasteiger partial charge in [0, 0.05) is 12.7 Å². The fourth-order valence-electron chi connectivity index (χ4n) is 1.82. The summed E-state index contributed by atoms with van der Waals surface area (Å²) < 4.78 is 7.06. The van der Waals surface area contributed by atoms with Crippen LogP contribution in [0.25, 0.3) is 0 Å². The number of pyridine rings is 1. The fraction of sp³-hybridized carbons (Fsp3) is 0.600. The van der Waals surface area contributed by atoms with E-state index < -0.39 is 0 Å². The molecule has 0 fully saturated rings. The molecular weight excluding hydrogens is 240 g/mol. The van der Waals surface area contributed by atoms with Crippen LogP contribution in [0.5, 0.6) is 5.75 Å². The standard InChI is InChI=1S/C15H22N2O2/c1-3-4-5-6-10-19-14-8-7-9-17(15(14)18)12-13(2)11-16/h7-9,13H,3-6,10,12H2,1-2H3. The molecule has 1 aromatic rings. The van der Waals surface area contributed by atoms with E-state index in [1.165, 1.54) is 17.4 Å². The van der Waals surface area contributed by atoms with Crippen molar-refractivity contribution in [2.45, 2.75) is 46.1 Å². The van der Waals surface area contributed by atoms with Crippen molar-refractivity contribution in [3.63, 3.8) is 0 Å². The summed E-state index contributed by atoms with van der Waals surface area (Å²) in [6.07, 6.45) is 6.17. The maximum Gasteiger partial charge on any atom is 0.292 e. The summed E-state index contributed by atoms with van der Waals surface area (Å²) in [6.45, 7) is 4.94. The van der Waals surface area contributed by atoms with Crippen LogP contribution in [-0.2, 0) is 6.54 Å². The summed E-state index contributed by atoms with van der Waals surface area (Å²) in [4.78, 5) is 12.1. The summed E-state index contributed by atoms with van der Waals surface area (Å²) >= 11 is 0. The Morgan fingerprint density at radius 1 is 1.42 bits per heavy atom. The SMILES string of the molecule is CCCCCCOc1cccn(CC(C)C#N)c1=O. The van der Waals surface area contributed by atoms with Crippen molar-refractivity contribution in [3.8, 4) is 11.8 Å². The minimum atomic E-state index is -0.183. The molecule has 0 aliphatic rings. The van der Waals surface area contributed by atoms with Gasteiger partial charge >= 0.3 is 0 Å². The molecule has 0 aromatic carbocycles. The van der Waals surface area contributed by atoms with Crippen LogP contribution in [0, 0.1) is 17.2 Å². The lowest BCUT2D eigenvalue weighted by molar-refractivity contribution is 0.298. The number of ether oxygens (including phenoxy) is 1. The Morgan fingerprint density at radius 3 is 2.89 bits per heavy atom. The molecule has 0 bridgehead atoms. The van der Waals surface area contributed by atoms with Crippen LogP contribution in [0.15, 0.2) is 23.1 Å². The van der Waals surface area contributed by atoms with Gasteiger partial charge in [0.25, 0.3) is 5.56 Å². The van der Waals surface area contributed by atoms with E-state index in [4.69, 9.17) is 10.00 Å². The number of rotatable bonds is 8. The number of hydrogen-bond acceptors (Lipinski definition) is 3. The van der Waals surface area contributed by atoms with E-state index in [-0.39, 0.29) is 11.5 Å². The third kappa shape index (κ3) is 5.17. The van der Waals surface area contributed by atoms with Crippen molar-refractivity contribution < 1.29 is 4.74 Å². The Balaban J connectivity index is 2.58. The van der Waals surface area contributed by atoms with Gasteiger partial charge in [-0.1, -0.05) is 26.2 Å². The molecule has 104 valence electrons. The largest absolute Gasteiger partial charge is 0.488 e. The van der Waals surface area contributed by atoms with Gasteiger partial charge in [0.1, 0.15) is 0 Å². The molecule has 1 rings (SSSR count). The molecular formula is C15H22N2O2. The summed E-state index contributed by atoms with van der Waals surface area (Å²) in [6, 6.07) is 5.60. The second-order valence-electron chi connectivity index (χ2n) is 4.77. The summed E-state index contributed by atoms with van der Waals surface area (Å²) in [5.41, 5.74) is -0.153. The Kier molecular flexibility index (Phi) is 6.73. The van der Waals surface area contributed by atoms with E-state index in [0.717, 1.165) is 12.8 Å². The highest BCUT2D eigenvalue weighted by Crippen LogP contribution is 2.06. The summed E-state index contributed by atoms with van der Waals surface area (Å²) in [5.74, 6) is 0.196. The zero-order valence-corrected chi connectivity index (χ0v) is 11.8. The van der Waals surface area contributed by atoms with Gasteiger partial charge in [0.15, 0.2) is 5.75 Å². The number of hydrogen-bond donors (Lipinski definition) is 0. The first-order valence-corrected chi connectivity index (χ1v) is 6.91. The van der Waals surface area contributed by atoms with Crippen molar-refractivity contribution in [2.75, 3.05) is 6.61 Å². The van der Waals surface area contributed by atoms with E-state index in [2.05, 4.69) is 13.0 Å². The quantitative estimate of drug-likeness (QED) is 0.677. The first-order chi connectivity index (χ1) is 9.19. The number of aromatic nitrogens is 1. The lowest BCUT2D eigenvalue weighted by Gasteiger charge is -2.10. The van der Waals surface area contributed by atoms with Crippen molar-refractivity contribution >= 4 is 0 Å². The zero-order chi connectivity index (χ0) is 14.1. The predicted octanol–water partition coefficient (Wildman–Crippen LogP) is 2.97. The Hall–Kier alpha value is -1.76. The normalized spacial score (nSPS) is 11.8. The van der Waals surface area contributed by atoms with Crippen LogP contribution >= 0.6 is 0 Å². The van der Waals surface area contributed by atoms with Gasteiger partial charge in [-0.3, -0.25) is 4.79 Å². The number of unbranched alkanes of at least 4 members (excludes halogenated alkanes) is 3. The predicted molar refractivity (Wildman–Crippen MR) is 75.1 cm³/mol. The first kappa shape index (κ1) is 15.3. The molecule has 1 heterocycles. The molecule has 0 saturated carbocycles. The molecule has 1 atom stereocenters. The van der Waals surface area contributed by atoms with Crippen LogP contribution in [0.3, 0.4) is 0 Å². The molecule has 0 radical (unpaired) electrons. The minimum absolute atomic E-state index is 0.153. The molecule has 4 nitrogen and oxygen atoms in total. The molecule has 0 N–H and O–H groups in total. The smallest absolute Gasteiger partial charge is 0.292 e. The van der Waals surface area contributed by atoms with Gasteiger partial charge in [0.2, 0.25) is 0 Å². The highest BCUT2D eigenvalue weighted by atomic mass is 16.5. The lowest BCUT2D eigenvalue weighted by Crippen LogP contribution is -2.23. The average molecular weight is 262 g/mol. The molecule has 1 aromatic heterocycles. The van der Waals surface area contributed by atoms with Crippen LogP contribution in [-0.4, -0.2) is 11.2 Å². The van der Waals surface area contributed by atoms with E-state index >= 15 is 0 Å². The van der Waals surface area contributed by atoms with E-state index in [1.807, 2.05) is 0 Å². The third-order valence-electron chi connectivity index (χ3n) is 2.93. The average Bonchev–Trinajstić information content (AvgIpc) is 2.42. The third-order valence-corrected chi connectivity index (χ3v) is 2.93. The number of nitriles is 1. The monoisotopic (exact) mass is 262 g/mol. The van der Waals surface area contributed by atoms with Crippen molar-refractivity contribution in [3.05, 3.63) is 28.7 Å². The van der Waals surface area contributed by atoms with Crippen molar-refractivity contribution in [1.82, 2.24) is 4.57 Å². The summed E-state index contributed by atoms with van der Waals surface area (Å²) in [5, 5.41) is 8.78. The van der Waals surface area contributed by atoms with Gasteiger partial charge in [-0.25, -0.2) is 0 Å². The Labute approximate surface area is 114 Å². The van der Waals surface area contributed by atoms with Crippen LogP contribution in [0.4, 0.5) is 0 Å². The maximum atomic E-state index is 12.1. The highest BCUT2D eigenvalue weighted by Gasteiger charge is 2.07. The highest BCUT2D eigenvalue weighted by molar-refractivity contribution is 5.17. The topological polar surface area (TPSA) is 55.0 Å². The van der Waals surface area contributed by atoms with E-state index in [1.54, 1.807) is 25.3 Å². The van der Waals surface area contributed by atoms with Crippen LogP contribution < -0.4 is 10.3 Å². The minimum Gasteiger partial charge on any atom is -0.488 e. The first-order valence-electron chi connectivity index (χ1n) is 6.91. The van der Waals surface area contributed by atoms with Crippen molar-refractivity contribution in [1.29, 1.82) is 5.26 Å². The van der Waals surface area contributed by atoms with E-state index in [9.17, 15) is 4.79 Å². The van der Waals surface area contributed by atoms with Gasteiger partial charge in [0.05, 0.1) is 18.6 Å². The van der Waals surface area contributed by atoms with Crippen LogP contribution in [0.2, 0.25) is 0 Å². The lowest BCUT2D eigenvalue weighted by atomic mass is 10.2. The van der Waals surface area contributed by atoms with E-state index in [0.29, 0.717) is 18.9 Å². The summed E-state index contributed by atoms with van der Waals surface area (Å²) in [7, 11) is 0. The number of nitrogens with zero attached hydrogens (tertiary/aromatic N) is 2. The van der Waals surface area contributed by atoms with Gasteiger partial charge in [-0.05, 0) is 25.5 Å². The van der Waals surface area contributed by atoms with Crippen molar-refractivity contribution in [2.24, 2.45) is 5.92 Å². The van der Waals surface area contributed by atoms with Gasteiger partial charge in [-0.15, -0.1) is 0 Å².